The number of rotatable bonds is 6. The second-order valence-corrected chi connectivity index (χ2v) is 6.18. The van der Waals surface area contributed by atoms with Crippen LogP contribution in [0.1, 0.15) is 31.9 Å². The van der Waals surface area contributed by atoms with Crippen LogP contribution in [0, 0.1) is 0 Å². The topological polar surface area (TPSA) is 52.0 Å². The molecule has 0 bridgehead atoms. The van der Waals surface area contributed by atoms with Crippen LogP contribution in [0.15, 0.2) is 30.6 Å². The van der Waals surface area contributed by atoms with Gasteiger partial charge in [0.25, 0.3) is 0 Å². The van der Waals surface area contributed by atoms with Crippen molar-refractivity contribution in [1.29, 1.82) is 0 Å². The van der Waals surface area contributed by atoms with Crippen molar-refractivity contribution < 1.29 is 4.74 Å². The lowest BCUT2D eigenvalue weighted by Gasteiger charge is -2.21. The lowest BCUT2D eigenvalue weighted by Crippen LogP contribution is -2.37. The zero-order chi connectivity index (χ0) is 15.3. The number of nitrogens with one attached hydrogen (secondary N) is 1. The van der Waals surface area contributed by atoms with Crippen molar-refractivity contribution in [3.63, 3.8) is 0 Å². The Hall–Kier alpha value is -1.88. The molecule has 0 aliphatic carbocycles. The lowest BCUT2D eigenvalue weighted by atomic mass is 10.0. The molecule has 0 saturated carbocycles. The minimum atomic E-state index is 0.142. The SMILES string of the molecule is Cn1cnc(OCc2ccccc2CCNC(C)(C)C)n1. The highest BCUT2D eigenvalue weighted by atomic mass is 16.5. The highest BCUT2D eigenvalue weighted by molar-refractivity contribution is 5.27. The molecule has 0 aliphatic rings. The molecular formula is C16H24N4O. The number of aromatic nitrogens is 3. The molecule has 2 rings (SSSR count). The summed E-state index contributed by atoms with van der Waals surface area (Å²) in [5.74, 6) is 0. The number of hydrogen-bond donors (Lipinski definition) is 1. The van der Waals surface area contributed by atoms with E-state index in [9.17, 15) is 0 Å². The number of benzene rings is 1. The van der Waals surface area contributed by atoms with Gasteiger partial charge >= 0.3 is 6.01 Å². The van der Waals surface area contributed by atoms with Gasteiger partial charge < -0.3 is 10.1 Å². The van der Waals surface area contributed by atoms with Crippen LogP contribution < -0.4 is 10.1 Å². The Bertz CT molecular complexity index is 572. The highest BCUT2D eigenvalue weighted by Gasteiger charge is 2.09. The summed E-state index contributed by atoms with van der Waals surface area (Å²) in [4.78, 5) is 4.07. The van der Waals surface area contributed by atoms with E-state index in [0.29, 0.717) is 12.6 Å². The Balaban J connectivity index is 1.93. The van der Waals surface area contributed by atoms with Gasteiger partial charge in [0, 0.05) is 12.6 Å². The van der Waals surface area contributed by atoms with Crippen molar-refractivity contribution in [3.05, 3.63) is 41.7 Å². The molecule has 0 aliphatic heterocycles. The predicted octanol–water partition coefficient (Wildman–Crippen LogP) is 2.32. The van der Waals surface area contributed by atoms with Crippen LogP contribution >= 0.6 is 0 Å². The number of hydrogen-bond acceptors (Lipinski definition) is 4. The Kier molecular flexibility index (Phi) is 4.96. The second kappa shape index (κ2) is 6.72. The maximum absolute atomic E-state index is 5.64. The van der Waals surface area contributed by atoms with Crippen LogP contribution in [0.3, 0.4) is 0 Å². The second-order valence-electron chi connectivity index (χ2n) is 6.18. The molecule has 0 fully saturated rings. The van der Waals surface area contributed by atoms with Crippen molar-refractivity contribution in [2.75, 3.05) is 6.54 Å². The van der Waals surface area contributed by atoms with Gasteiger partial charge in [0.15, 0.2) is 0 Å². The van der Waals surface area contributed by atoms with Crippen molar-refractivity contribution in [1.82, 2.24) is 20.1 Å². The molecule has 1 N–H and O–H groups in total. The van der Waals surface area contributed by atoms with Crippen molar-refractivity contribution in [3.8, 4) is 6.01 Å². The van der Waals surface area contributed by atoms with Crippen LogP contribution in [-0.2, 0) is 20.1 Å². The zero-order valence-corrected chi connectivity index (χ0v) is 13.3. The Morgan fingerprint density at radius 1 is 1.19 bits per heavy atom. The van der Waals surface area contributed by atoms with Gasteiger partial charge in [-0.05, 0) is 44.9 Å². The molecule has 1 heterocycles. The van der Waals surface area contributed by atoms with Crippen molar-refractivity contribution in [2.45, 2.75) is 39.3 Å². The summed E-state index contributed by atoms with van der Waals surface area (Å²) in [6.07, 6.45) is 2.61. The Labute approximate surface area is 126 Å². The normalized spacial score (nSPS) is 11.6. The summed E-state index contributed by atoms with van der Waals surface area (Å²) in [6.45, 7) is 7.97. The largest absolute Gasteiger partial charge is 0.458 e. The van der Waals surface area contributed by atoms with E-state index in [1.807, 2.05) is 13.1 Å². The van der Waals surface area contributed by atoms with E-state index in [-0.39, 0.29) is 5.54 Å². The zero-order valence-electron chi connectivity index (χ0n) is 13.3. The summed E-state index contributed by atoms with van der Waals surface area (Å²) in [5.41, 5.74) is 2.62. The van der Waals surface area contributed by atoms with Gasteiger partial charge in [-0.15, -0.1) is 5.10 Å². The summed E-state index contributed by atoms with van der Waals surface area (Å²) in [7, 11) is 1.83. The fraction of sp³-hybridized carbons (Fsp3) is 0.500. The molecule has 0 amide bonds. The monoisotopic (exact) mass is 288 g/mol. The minimum absolute atomic E-state index is 0.142. The fourth-order valence-electron chi connectivity index (χ4n) is 2.04. The third-order valence-electron chi connectivity index (χ3n) is 3.10. The molecular weight excluding hydrogens is 264 g/mol. The molecule has 0 radical (unpaired) electrons. The van der Waals surface area contributed by atoms with Crippen LogP contribution in [0.2, 0.25) is 0 Å². The smallest absolute Gasteiger partial charge is 0.335 e. The van der Waals surface area contributed by atoms with E-state index < -0.39 is 0 Å². The first-order valence-corrected chi connectivity index (χ1v) is 7.24. The van der Waals surface area contributed by atoms with Crippen LogP contribution in [0.25, 0.3) is 0 Å². The lowest BCUT2D eigenvalue weighted by molar-refractivity contribution is 0.279. The molecule has 2 aromatic rings. The molecule has 0 spiro atoms. The number of aryl methyl sites for hydroxylation is 1. The predicted molar refractivity (Wildman–Crippen MR) is 83.2 cm³/mol. The molecule has 114 valence electrons. The molecule has 0 atom stereocenters. The average molecular weight is 288 g/mol. The first-order chi connectivity index (χ1) is 9.94. The van der Waals surface area contributed by atoms with E-state index in [1.165, 1.54) is 11.1 Å². The molecule has 21 heavy (non-hydrogen) atoms. The van der Waals surface area contributed by atoms with Crippen molar-refractivity contribution in [2.24, 2.45) is 7.05 Å². The van der Waals surface area contributed by atoms with E-state index >= 15 is 0 Å². The maximum atomic E-state index is 5.64. The van der Waals surface area contributed by atoms with Gasteiger partial charge in [-0.2, -0.15) is 4.98 Å². The number of nitrogens with zero attached hydrogens (tertiary/aromatic N) is 3. The van der Waals surface area contributed by atoms with Crippen LogP contribution in [-0.4, -0.2) is 26.8 Å². The van der Waals surface area contributed by atoms with Crippen LogP contribution in [0.4, 0.5) is 0 Å². The first kappa shape index (κ1) is 15.5. The molecule has 5 nitrogen and oxygen atoms in total. The number of ether oxygens (including phenoxy) is 1. The average Bonchev–Trinajstić information content (AvgIpc) is 2.82. The van der Waals surface area contributed by atoms with Crippen LogP contribution in [0.5, 0.6) is 6.01 Å². The van der Waals surface area contributed by atoms with E-state index in [1.54, 1.807) is 11.0 Å². The summed E-state index contributed by atoms with van der Waals surface area (Å²) in [6, 6.07) is 8.75. The molecule has 0 saturated heterocycles. The first-order valence-electron chi connectivity index (χ1n) is 7.24. The van der Waals surface area contributed by atoms with Gasteiger partial charge in [-0.3, -0.25) is 4.68 Å². The van der Waals surface area contributed by atoms with Gasteiger partial charge in [-0.25, -0.2) is 0 Å². The molecule has 5 heteroatoms. The van der Waals surface area contributed by atoms with Gasteiger partial charge in [0.05, 0.1) is 0 Å². The molecule has 0 unspecified atom stereocenters. The summed E-state index contributed by atoms with van der Waals surface area (Å²) >= 11 is 0. The van der Waals surface area contributed by atoms with E-state index in [2.05, 4.69) is 54.4 Å². The van der Waals surface area contributed by atoms with E-state index in [4.69, 9.17) is 4.74 Å². The third kappa shape index (κ3) is 5.19. The van der Waals surface area contributed by atoms with Gasteiger partial charge in [0.1, 0.15) is 12.9 Å². The highest BCUT2D eigenvalue weighted by Crippen LogP contribution is 2.12. The Morgan fingerprint density at radius 2 is 1.90 bits per heavy atom. The van der Waals surface area contributed by atoms with E-state index in [0.717, 1.165) is 13.0 Å². The summed E-state index contributed by atoms with van der Waals surface area (Å²) in [5, 5.41) is 7.63. The quantitative estimate of drug-likeness (QED) is 0.886. The van der Waals surface area contributed by atoms with Crippen molar-refractivity contribution >= 4 is 0 Å². The molecule has 1 aromatic heterocycles. The van der Waals surface area contributed by atoms with Gasteiger partial charge in [-0.1, -0.05) is 24.3 Å². The Morgan fingerprint density at radius 3 is 2.52 bits per heavy atom. The molecule has 1 aromatic carbocycles. The van der Waals surface area contributed by atoms with Gasteiger partial charge in [0.2, 0.25) is 0 Å². The summed E-state index contributed by atoms with van der Waals surface area (Å²) < 4.78 is 7.27. The fourth-order valence-corrected chi connectivity index (χ4v) is 2.04. The minimum Gasteiger partial charge on any atom is -0.458 e. The maximum Gasteiger partial charge on any atom is 0.335 e. The third-order valence-corrected chi connectivity index (χ3v) is 3.10. The standard InChI is InChI=1S/C16H24N4O/c1-16(2,3)18-10-9-13-7-5-6-8-14(13)11-21-15-17-12-20(4)19-15/h5-8,12,18H,9-11H2,1-4H3.